The zero-order valence-electron chi connectivity index (χ0n) is 9.50. The summed E-state index contributed by atoms with van der Waals surface area (Å²) in [4.78, 5) is 2.18. The number of anilines is 1. The molecular formula is C13H14ClFN2. The molecule has 0 amide bonds. The van der Waals surface area contributed by atoms with Crippen LogP contribution in [0.1, 0.15) is 24.8 Å². The van der Waals surface area contributed by atoms with Gasteiger partial charge in [-0.1, -0.05) is 0 Å². The first-order valence-electron chi connectivity index (χ1n) is 5.74. The summed E-state index contributed by atoms with van der Waals surface area (Å²) in [5.41, 5.74) is 1.77. The maximum Gasteiger partial charge on any atom is 0.123 e. The Hall–Kier alpha value is -1.27. The third kappa shape index (κ3) is 2.89. The lowest BCUT2D eigenvalue weighted by molar-refractivity contribution is 0.625. The minimum Gasteiger partial charge on any atom is -0.367 e. The molecule has 0 N–H and O–H groups in total. The third-order valence-electron chi connectivity index (χ3n) is 2.95. The van der Waals surface area contributed by atoms with Crippen LogP contribution in [0, 0.1) is 17.1 Å². The number of nitriles is 1. The van der Waals surface area contributed by atoms with Gasteiger partial charge in [0.25, 0.3) is 0 Å². The van der Waals surface area contributed by atoms with Gasteiger partial charge in [-0.25, -0.2) is 4.39 Å². The van der Waals surface area contributed by atoms with Gasteiger partial charge in [0.1, 0.15) is 5.82 Å². The lowest BCUT2D eigenvalue weighted by Gasteiger charge is -2.25. The second-order valence-electron chi connectivity index (χ2n) is 4.24. The zero-order chi connectivity index (χ0) is 12.3. The van der Waals surface area contributed by atoms with Gasteiger partial charge in [-0.2, -0.15) is 5.26 Å². The molecule has 0 radical (unpaired) electrons. The first-order valence-corrected chi connectivity index (χ1v) is 6.27. The van der Waals surface area contributed by atoms with Gasteiger partial charge < -0.3 is 4.90 Å². The molecule has 1 saturated carbocycles. The molecule has 2 nitrogen and oxygen atoms in total. The van der Waals surface area contributed by atoms with Crippen molar-refractivity contribution in [1.29, 1.82) is 5.26 Å². The fourth-order valence-corrected chi connectivity index (χ4v) is 2.21. The monoisotopic (exact) mass is 252 g/mol. The minimum atomic E-state index is -0.263. The van der Waals surface area contributed by atoms with Crippen molar-refractivity contribution < 1.29 is 4.39 Å². The molecule has 0 bridgehead atoms. The first-order chi connectivity index (χ1) is 8.26. The highest BCUT2D eigenvalue weighted by Gasteiger charge is 2.30. The molecule has 0 aliphatic heterocycles. The molecule has 4 heteroatoms. The summed E-state index contributed by atoms with van der Waals surface area (Å²) in [5.74, 6) is 0.0310. The highest BCUT2D eigenvalue weighted by molar-refractivity contribution is 6.17. The predicted octanol–water partition coefficient (Wildman–Crippen LogP) is 3.45. The summed E-state index contributed by atoms with van der Waals surface area (Å²) in [6.07, 6.45) is 2.77. The van der Waals surface area contributed by atoms with Crippen LogP contribution in [-0.4, -0.2) is 12.6 Å². The molecule has 1 aromatic carbocycles. The molecule has 1 aromatic rings. The van der Waals surface area contributed by atoms with E-state index in [2.05, 4.69) is 11.0 Å². The summed E-state index contributed by atoms with van der Waals surface area (Å²) in [7, 11) is 0. The Balaban J connectivity index is 2.25. The second-order valence-corrected chi connectivity index (χ2v) is 4.51. The van der Waals surface area contributed by atoms with E-state index < -0.39 is 0 Å². The van der Waals surface area contributed by atoms with E-state index in [0.29, 0.717) is 24.9 Å². The maximum atomic E-state index is 13.1. The molecule has 0 heterocycles. The van der Waals surface area contributed by atoms with Crippen molar-refractivity contribution in [2.24, 2.45) is 0 Å². The van der Waals surface area contributed by atoms with Crippen LogP contribution < -0.4 is 4.90 Å². The van der Waals surface area contributed by atoms with Gasteiger partial charge in [-0.3, -0.25) is 0 Å². The van der Waals surface area contributed by atoms with Crippen molar-refractivity contribution >= 4 is 17.3 Å². The predicted molar refractivity (Wildman–Crippen MR) is 66.6 cm³/mol. The fourth-order valence-electron chi connectivity index (χ4n) is 2.00. The van der Waals surface area contributed by atoms with Gasteiger partial charge in [-0.15, -0.1) is 11.6 Å². The molecule has 1 fully saturated rings. The lowest BCUT2D eigenvalue weighted by atomic mass is 10.1. The highest BCUT2D eigenvalue weighted by Crippen LogP contribution is 2.34. The number of hydrogen-bond donors (Lipinski definition) is 0. The van der Waals surface area contributed by atoms with Crippen LogP contribution in [0.25, 0.3) is 0 Å². The summed E-state index contributed by atoms with van der Waals surface area (Å²) < 4.78 is 13.1. The number of nitrogens with zero attached hydrogens (tertiary/aromatic N) is 2. The fraction of sp³-hybridized carbons (Fsp3) is 0.462. The van der Waals surface area contributed by atoms with Crippen LogP contribution in [-0.2, 0) is 5.88 Å². The first kappa shape index (κ1) is 12.2. The number of alkyl halides is 1. The van der Waals surface area contributed by atoms with E-state index in [4.69, 9.17) is 16.9 Å². The molecule has 2 rings (SSSR count). The molecule has 0 saturated heterocycles. The Morgan fingerprint density at radius 3 is 2.82 bits per heavy atom. The zero-order valence-corrected chi connectivity index (χ0v) is 10.3. The maximum absolute atomic E-state index is 13.1. The van der Waals surface area contributed by atoms with Crippen molar-refractivity contribution in [2.45, 2.75) is 31.2 Å². The van der Waals surface area contributed by atoms with Gasteiger partial charge in [-0.05, 0) is 36.6 Å². The largest absolute Gasteiger partial charge is 0.367 e. The van der Waals surface area contributed by atoms with Crippen molar-refractivity contribution in [3.8, 4) is 6.07 Å². The van der Waals surface area contributed by atoms with Crippen LogP contribution in [0.2, 0.25) is 0 Å². The van der Waals surface area contributed by atoms with Crippen LogP contribution in [0.4, 0.5) is 10.1 Å². The molecule has 17 heavy (non-hydrogen) atoms. The normalized spacial score (nSPS) is 14.4. The van der Waals surface area contributed by atoms with Gasteiger partial charge in [0.2, 0.25) is 0 Å². The molecule has 1 aliphatic rings. The van der Waals surface area contributed by atoms with Gasteiger partial charge in [0.15, 0.2) is 0 Å². The number of hydrogen-bond acceptors (Lipinski definition) is 2. The minimum absolute atomic E-state index is 0.263. The molecule has 1 aliphatic carbocycles. The van der Waals surface area contributed by atoms with Crippen molar-refractivity contribution in [3.05, 3.63) is 29.6 Å². The summed E-state index contributed by atoms with van der Waals surface area (Å²) in [6.45, 7) is 0.691. The quantitative estimate of drug-likeness (QED) is 0.751. The SMILES string of the molecule is N#CCCN(c1ccc(F)cc1CCl)C1CC1. The van der Waals surface area contributed by atoms with Crippen LogP contribution in [0.15, 0.2) is 18.2 Å². The summed E-state index contributed by atoms with van der Waals surface area (Å²) in [6, 6.07) is 7.34. The van der Waals surface area contributed by atoms with E-state index in [1.807, 2.05) is 0 Å². The van der Waals surface area contributed by atoms with Crippen LogP contribution >= 0.6 is 11.6 Å². The molecule has 90 valence electrons. The average molecular weight is 253 g/mol. The number of benzene rings is 1. The van der Waals surface area contributed by atoms with Crippen molar-refractivity contribution in [1.82, 2.24) is 0 Å². The standard InChI is InChI=1S/C13H14ClFN2/c14-9-10-8-11(15)2-5-13(10)17(7-1-6-16)12-3-4-12/h2,5,8,12H,1,3-4,7,9H2. The van der Waals surface area contributed by atoms with E-state index in [1.165, 1.54) is 12.1 Å². The Morgan fingerprint density at radius 1 is 1.47 bits per heavy atom. The number of rotatable bonds is 5. The smallest absolute Gasteiger partial charge is 0.123 e. The van der Waals surface area contributed by atoms with E-state index in [9.17, 15) is 4.39 Å². The Morgan fingerprint density at radius 2 is 2.24 bits per heavy atom. The van der Waals surface area contributed by atoms with E-state index in [0.717, 1.165) is 24.1 Å². The van der Waals surface area contributed by atoms with E-state index >= 15 is 0 Å². The van der Waals surface area contributed by atoms with E-state index in [1.54, 1.807) is 6.07 Å². The molecule has 0 aromatic heterocycles. The lowest BCUT2D eigenvalue weighted by Crippen LogP contribution is -2.27. The molecular weight excluding hydrogens is 239 g/mol. The van der Waals surface area contributed by atoms with Crippen molar-refractivity contribution in [3.63, 3.8) is 0 Å². The summed E-state index contributed by atoms with van der Waals surface area (Å²) >= 11 is 5.85. The topological polar surface area (TPSA) is 27.0 Å². The van der Waals surface area contributed by atoms with Gasteiger partial charge in [0.05, 0.1) is 12.5 Å². The van der Waals surface area contributed by atoms with Crippen LogP contribution in [0.3, 0.4) is 0 Å². The Kier molecular flexibility index (Phi) is 3.86. The van der Waals surface area contributed by atoms with Gasteiger partial charge >= 0.3 is 0 Å². The number of halogens is 2. The molecule has 0 atom stereocenters. The van der Waals surface area contributed by atoms with Crippen molar-refractivity contribution in [2.75, 3.05) is 11.4 Å². The molecule has 0 spiro atoms. The molecule has 0 unspecified atom stereocenters. The average Bonchev–Trinajstić information content (AvgIpc) is 3.15. The summed E-state index contributed by atoms with van der Waals surface area (Å²) in [5, 5.41) is 8.67. The third-order valence-corrected chi connectivity index (χ3v) is 3.24. The highest BCUT2D eigenvalue weighted by atomic mass is 35.5. The van der Waals surface area contributed by atoms with Crippen LogP contribution in [0.5, 0.6) is 0 Å². The van der Waals surface area contributed by atoms with E-state index in [-0.39, 0.29) is 5.82 Å². The Bertz CT molecular complexity index is 438. The Labute approximate surface area is 106 Å². The van der Waals surface area contributed by atoms with Gasteiger partial charge in [0, 0.05) is 24.2 Å². The second kappa shape index (κ2) is 5.37.